The Morgan fingerprint density at radius 1 is 1.39 bits per heavy atom. The van der Waals surface area contributed by atoms with Gasteiger partial charge in [-0.2, -0.15) is 4.98 Å². The fourth-order valence-corrected chi connectivity index (χ4v) is 2.83. The molecule has 0 unspecified atom stereocenters. The predicted molar refractivity (Wildman–Crippen MR) is 92.9 cm³/mol. The van der Waals surface area contributed by atoms with Crippen LogP contribution in [0.15, 0.2) is 18.3 Å². The molecule has 2 heterocycles. The highest BCUT2D eigenvalue weighted by molar-refractivity contribution is 5.91. The zero-order valence-corrected chi connectivity index (χ0v) is 13.5. The van der Waals surface area contributed by atoms with E-state index in [2.05, 4.69) is 33.2 Å². The lowest BCUT2D eigenvalue weighted by Crippen LogP contribution is -2.29. The molecule has 0 saturated carbocycles. The lowest BCUT2D eigenvalue weighted by atomic mass is 9.95. The molecule has 0 radical (unpaired) electrons. The van der Waals surface area contributed by atoms with E-state index in [1.165, 1.54) is 6.07 Å². The Morgan fingerprint density at radius 2 is 2.17 bits per heavy atom. The molecule has 1 aromatic carbocycles. The van der Waals surface area contributed by atoms with Crippen LogP contribution >= 0.6 is 0 Å². The van der Waals surface area contributed by atoms with Crippen molar-refractivity contribution in [1.29, 1.82) is 0 Å². The molecular formula is C17H20FN5. The number of aromatic nitrogens is 2. The molecule has 120 valence electrons. The Bertz CT molecular complexity index is 785. The summed E-state index contributed by atoms with van der Waals surface area (Å²) in [6.45, 7) is 5.50. The standard InChI is InChI=1S/C17H20FN5/c1-4-23-9-12(13-7-15(19)14(18)5-10(13)2)6-11-8-21-17(20-3)22-16(11)23/h5-8H,4,9,19H2,1-3H3,(H,20,21,22). The zero-order valence-electron chi connectivity index (χ0n) is 13.5. The molecule has 1 aliphatic heterocycles. The van der Waals surface area contributed by atoms with Gasteiger partial charge >= 0.3 is 0 Å². The highest BCUT2D eigenvalue weighted by atomic mass is 19.1. The number of nitrogen functional groups attached to an aromatic ring is 1. The van der Waals surface area contributed by atoms with Crippen molar-refractivity contribution >= 4 is 29.1 Å². The maximum absolute atomic E-state index is 13.6. The van der Waals surface area contributed by atoms with E-state index in [1.807, 2.05) is 6.92 Å². The number of likely N-dealkylation sites (N-methyl/N-ethyl adjacent to an activating group) is 1. The van der Waals surface area contributed by atoms with E-state index in [0.29, 0.717) is 12.5 Å². The Labute approximate surface area is 135 Å². The van der Waals surface area contributed by atoms with Crippen molar-refractivity contribution < 1.29 is 4.39 Å². The largest absolute Gasteiger partial charge is 0.396 e. The van der Waals surface area contributed by atoms with Crippen molar-refractivity contribution in [2.45, 2.75) is 13.8 Å². The van der Waals surface area contributed by atoms with Gasteiger partial charge in [0.25, 0.3) is 0 Å². The van der Waals surface area contributed by atoms with Gasteiger partial charge in [0, 0.05) is 31.9 Å². The van der Waals surface area contributed by atoms with Crippen LogP contribution in [0.4, 0.5) is 21.8 Å². The maximum Gasteiger partial charge on any atom is 0.224 e. The number of nitrogens with two attached hydrogens (primary N) is 1. The summed E-state index contributed by atoms with van der Waals surface area (Å²) in [6, 6.07) is 3.19. The van der Waals surface area contributed by atoms with Crippen LogP contribution in [0.5, 0.6) is 0 Å². The molecular weight excluding hydrogens is 293 g/mol. The number of nitrogens with zero attached hydrogens (tertiary/aromatic N) is 3. The molecule has 3 rings (SSSR count). The molecule has 0 aliphatic carbocycles. The third-order valence-electron chi connectivity index (χ3n) is 4.08. The fraction of sp³-hybridized carbons (Fsp3) is 0.294. The van der Waals surface area contributed by atoms with Gasteiger partial charge in [-0.1, -0.05) is 0 Å². The molecule has 3 N–H and O–H groups in total. The Balaban J connectivity index is 2.11. The van der Waals surface area contributed by atoms with Gasteiger partial charge in [0.15, 0.2) is 0 Å². The first-order chi connectivity index (χ1) is 11.0. The molecule has 0 fully saturated rings. The number of fused-ring (bicyclic) bond motifs is 1. The third kappa shape index (κ3) is 2.72. The van der Waals surface area contributed by atoms with Crippen molar-refractivity contribution in [3.05, 3.63) is 40.8 Å². The number of hydrogen-bond donors (Lipinski definition) is 2. The van der Waals surface area contributed by atoms with Crippen molar-refractivity contribution in [3.8, 4) is 0 Å². The topological polar surface area (TPSA) is 67.1 Å². The van der Waals surface area contributed by atoms with Crippen LogP contribution in [0.25, 0.3) is 11.6 Å². The molecule has 23 heavy (non-hydrogen) atoms. The van der Waals surface area contributed by atoms with Crippen molar-refractivity contribution in [1.82, 2.24) is 9.97 Å². The van der Waals surface area contributed by atoms with Gasteiger partial charge in [-0.15, -0.1) is 0 Å². The number of halogens is 1. The highest BCUT2D eigenvalue weighted by Gasteiger charge is 2.21. The van der Waals surface area contributed by atoms with E-state index in [9.17, 15) is 4.39 Å². The van der Waals surface area contributed by atoms with E-state index in [4.69, 9.17) is 5.73 Å². The molecule has 1 aliphatic rings. The first-order valence-electron chi connectivity index (χ1n) is 7.59. The van der Waals surface area contributed by atoms with Crippen LogP contribution in [0, 0.1) is 12.7 Å². The zero-order chi connectivity index (χ0) is 16.6. The van der Waals surface area contributed by atoms with E-state index in [-0.39, 0.29) is 11.5 Å². The summed E-state index contributed by atoms with van der Waals surface area (Å²) in [6.07, 6.45) is 3.86. The normalized spacial score (nSPS) is 13.6. The molecule has 0 atom stereocenters. The summed E-state index contributed by atoms with van der Waals surface area (Å²) in [7, 11) is 1.80. The number of anilines is 3. The summed E-state index contributed by atoms with van der Waals surface area (Å²) in [5, 5.41) is 2.96. The van der Waals surface area contributed by atoms with Crippen molar-refractivity contribution in [3.63, 3.8) is 0 Å². The monoisotopic (exact) mass is 313 g/mol. The molecule has 0 amide bonds. The van der Waals surface area contributed by atoms with Gasteiger partial charge in [-0.05, 0) is 48.8 Å². The molecule has 6 heteroatoms. The van der Waals surface area contributed by atoms with Crippen LogP contribution in [0.2, 0.25) is 0 Å². The Hall–Kier alpha value is -2.63. The van der Waals surface area contributed by atoms with E-state index in [0.717, 1.165) is 34.6 Å². The molecule has 2 aromatic rings. The molecule has 1 aromatic heterocycles. The predicted octanol–water partition coefficient (Wildman–Crippen LogP) is 2.93. The fourth-order valence-electron chi connectivity index (χ4n) is 2.83. The van der Waals surface area contributed by atoms with E-state index in [1.54, 1.807) is 19.3 Å². The summed E-state index contributed by atoms with van der Waals surface area (Å²) in [4.78, 5) is 11.0. The SMILES string of the molecule is CCN1CC(c2cc(N)c(F)cc2C)=Cc2cnc(NC)nc21. The van der Waals surface area contributed by atoms with Gasteiger partial charge in [0.1, 0.15) is 11.6 Å². The number of nitrogens with one attached hydrogen (secondary N) is 1. The van der Waals surface area contributed by atoms with E-state index < -0.39 is 0 Å². The minimum absolute atomic E-state index is 0.169. The summed E-state index contributed by atoms with van der Waals surface area (Å²) in [5.74, 6) is 1.13. The molecule has 5 nitrogen and oxygen atoms in total. The van der Waals surface area contributed by atoms with Crippen LogP contribution in [-0.4, -0.2) is 30.1 Å². The molecule has 0 saturated heterocycles. The molecule has 0 bridgehead atoms. The smallest absolute Gasteiger partial charge is 0.224 e. The van der Waals surface area contributed by atoms with Crippen LogP contribution < -0.4 is 16.0 Å². The van der Waals surface area contributed by atoms with Gasteiger partial charge in [-0.3, -0.25) is 0 Å². The van der Waals surface area contributed by atoms with Gasteiger partial charge in [0.2, 0.25) is 5.95 Å². The lowest BCUT2D eigenvalue weighted by molar-refractivity contribution is 0.631. The minimum atomic E-state index is -0.377. The van der Waals surface area contributed by atoms with Crippen LogP contribution in [-0.2, 0) is 0 Å². The van der Waals surface area contributed by atoms with Crippen molar-refractivity contribution in [2.24, 2.45) is 0 Å². The minimum Gasteiger partial charge on any atom is -0.396 e. The maximum atomic E-state index is 13.6. The quantitative estimate of drug-likeness (QED) is 0.853. The summed E-state index contributed by atoms with van der Waals surface area (Å²) >= 11 is 0. The second kappa shape index (κ2) is 5.87. The van der Waals surface area contributed by atoms with Crippen LogP contribution in [0.1, 0.15) is 23.6 Å². The van der Waals surface area contributed by atoms with Gasteiger partial charge in [-0.25, -0.2) is 9.37 Å². The Kier molecular flexibility index (Phi) is 3.90. The van der Waals surface area contributed by atoms with Crippen molar-refractivity contribution in [2.75, 3.05) is 36.1 Å². The first kappa shape index (κ1) is 15.3. The number of hydrogen-bond acceptors (Lipinski definition) is 5. The first-order valence-corrected chi connectivity index (χ1v) is 7.59. The summed E-state index contributed by atoms with van der Waals surface area (Å²) in [5.41, 5.74) is 9.79. The second-order valence-corrected chi connectivity index (χ2v) is 5.59. The molecule has 0 spiro atoms. The summed E-state index contributed by atoms with van der Waals surface area (Å²) < 4.78 is 13.6. The van der Waals surface area contributed by atoms with E-state index >= 15 is 0 Å². The number of aryl methyl sites for hydroxylation is 1. The van der Waals surface area contributed by atoms with Gasteiger partial charge < -0.3 is 16.0 Å². The third-order valence-corrected chi connectivity index (χ3v) is 4.08. The second-order valence-electron chi connectivity index (χ2n) is 5.59. The Morgan fingerprint density at radius 3 is 2.87 bits per heavy atom. The number of rotatable bonds is 3. The highest BCUT2D eigenvalue weighted by Crippen LogP contribution is 2.33. The van der Waals surface area contributed by atoms with Gasteiger partial charge in [0.05, 0.1) is 5.69 Å². The lowest BCUT2D eigenvalue weighted by Gasteiger charge is -2.30. The number of benzene rings is 1. The van der Waals surface area contributed by atoms with Crippen LogP contribution in [0.3, 0.4) is 0 Å². The average Bonchev–Trinajstić information content (AvgIpc) is 2.56. The average molecular weight is 313 g/mol.